The van der Waals surface area contributed by atoms with Gasteiger partial charge in [-0.1, -0.05) is 53.2 Å². The summed E-state index contributed by atoms with van der Waals surface area (Å²) in [5, 5.41) is 3.97. The van der Waals surface area contributed by atoms with Crippen LogP contribution in [0.25, 0.3) is 0 Å². The lowest BCUT2D eigenvalue weighted by molar-refractivity contribution is 0.0777. The van der Waals surface area contributed by atoms with Crippen LogP contribution in [-0.2, 0) is 14.9 Å². The highest BCUT2D eigenvalue weighted by Gasteiger charge is 2.27. The van der Waals surface area contributed by atoms with Crippen molar-refractivity contribution in [2.24, 2.45) is 5.16 Å². The number of oxime groups is 1. The summed E-state index contributed by atoms with van der Waals surface area (Å²) in [5.41, 5.74) is 2.67. The number of hydrogen-bond acceptors (Lipinski definition) is 4. The average molecular weight is 316 g/mol. The van der Waals surface area contributed by atoms with Crippen LogP contribution in [0.2, 0.25) is 0 Å². The molecule has 0 fully saturated rings. The second-order valence-electron chi connectivity index (χ2n) is 5.14. The Hall–Kier alpha value is -2.18. The van der Waals surface area contributed by atoms with Crippen molar-refractivity contribution in [3.05, 3.63) is 65.7 Å². The van der Waals surface area contributed by atoms with Crippen LogP contribution in [0, 0.1) is 6.92 Å². The van der Waals surface area contributed by atoms with E-state index in [0.717, 1.165) is 16.8 Å². The molecule has 0 bridgehead atoms. The molecule has 114 valence electrons. The van der Waals surface area contributed by atoms with Gasteiger partial charge in [-0.25, -0.2) is 8.42 Å². The smallest absolute Gasteiger partial charge is 0.243 e. The number of benzene rings is 2. The third-order valence-corrected chi connectivity index (χ3v) is 4.86. The molecule has 0 radical (unpaired) electrons. The molecular weight excluding hydrogens is 300 g/mol. The molecule has 1 aliphatic rings. The van der Waals surface area contributed by atoms with E-state index in [9.17, 15) is 8.42 Å². The normalized spacial score (nSPS) is 17.9. The Kier molecular flexibility index (Phi) is 3.96. The van der Waals surface area contributed by atoms with Crippen molar-refractivity contribution >= 4 is 15.7 Å². The molecule has 1 heterocycles. The SMILES string of the molecule is Cc1ccc(S(=O)(=O)NC2CC(c3ccccc3)=NO2)cc1. The maximum absolute atomic E-state index is 12.3. The Labute approximate surface area is 129 Å². The fourth-order valence-corrected chi connectivity index (χ4v) is 3.30. The van der Waals surface area contributed by atoms with Gasteiger partial charge >= 0.3 is 0 Å². The van der Waals surface area contributed by atoms with Crippen molar-refractivity contribution < 1.29 is 13.3 Å². The highest BCUT2D eigenvalue weighted by molar-refractivity contribution is 7.89. The van der Waals surface area contributed by atoms with Gasteiger partial charge in [-0.05, 0) is 24.6 Å². The van der Waals surface area contributed by atoms with E-state index in [1.54, 1.807) is 24.3 Å². The van der Waals surface area contributed by atoms with Crippen molar-refractivity contribution in [1.82, 2.24) is 4.72 Å². The van der Waals surface area contributed by atoms with Gasteiger partial charge < -0.3 is 4.84 Å². The fraction of sp³-hybridized carbons (Fsp3) is 0.188. The first-order chi connectivity index (χ1) is 10.5. The van der Waals surface area contributed by atoms with Crippen LogP contribution in [0.5, 0.6) is 0 Å². The van der Waals surface area contributed by atoms with E-state index in [1.807, 2.05) is 37.3 Å². The van der Waals surface area contributed by atoms with E-state index < -0.39 is 16.3 Å². The minimum Gasteiger partial charge on any atom is -0.375 e. The third kappa shape index (κ3) is 3.18. The van der Waals surface area contributed by atoms with Crippen molar-refractivity contribution in [1.29, 1.82) is 0 Å². The monoisotopic (exact) mass is 316 g/mol. The highest BCUT2D eigenvalue weighted by Crippen LogP contribution is 2.18. The zero-order chi connectivity index (χ0) is 15.6. The van der Waals surface area contributed by atoms with Crippen LogP contribution in [-0.4, -0.2) is 20.4 Å². The summed E-state index contributed by atoms with van der Waals surface area (Å²) in [5.74, 6) is 0. The number of sulfonamides is 1. The lowest BCUT2D eigenvalue weighted by Gasteiger charge is -2.11. The zero-order valence-electron chi connectivity index (χ0n) is 12.1. The molecular formula is C16H16N2O3S. The maximum atomic E-state index is 12.3. The fourth-order valence-electron chi connectivity index (χ4n) is 2.20. The van der Waals surface area contributed by atoms with Crippen LogP contribution in [0.3, 0.4) is 0 Å². The molecule has 6 heteroatoms. The lowest BCUT2D eigenvalue weighted by Crippen LogP contribution is -2.34. The summed E-state index contributed by atoms with van der Waals surface area (Å²) in [6.07, 6.45) is -0.281. The molecule has 2 aromatic rings. The molecule has 1 unspecified atom stereocenters. The molecule has 2 aromatic carbocycles. The van der Waals surface area contributed by atoms with Gasteiger partial charge in [-0.3, -0.25) is 0 Å². The van der Waals surface area contributed by atoms with Gasteiger partial charge in [0.2, 0.25) is 10.0 Å². The highest BCUT2D eigenvalue weighted by atomic mass is 32.2. The molecule has 0 aromatic heterocycles. The Morgan fingerprint density at radius 3 is 2.45 bits per heavy atom. The number of nitrogens with one attached hydrogen (secondary N) is 1. The number of aryl methyl sites for hydroxylation is 1. The predicted octanol–water partition coefficient (Wildman–Crippen LogP) is 2.42. The first-order valence-corrected chi connectivity index (χ1v) is 8.40. The van der Waals surface area contributed by atoms with Crippen LogP contribution in [0.15, 0.2) is 64.6 Å². The van der Waals surface area contributed by atoms with Gasteiger partial charge in [0, 0.05) is 6.42 Å². The molecule has 0 saturated carbocycles. The molecule has 3 rings (SSSR count). The van der Waals surface area contributed by atoms with Crippen LogP contribution in [0.1, 0.15) is 17.5 Å². The van der Waals surface area contributed by atoms with Gasteiger partial charge in [0.1, 0.15) is 0 Å². The molecule has 0 spiro atoms. The van der Waals surface area contributed by atoms with Crippen LogP contribution < -0.4 is 4.72 Å². The quantitative estimate of drug-likeness (QED) is 0.942. The van der Waals surface area contributed by atoms with Gasteiger partial charge in [0.25, 0.3) is 0 Å². The summed E-state index contributed by atoms with van der Waals surface area (Å²) >= 11 is 0. The topological polar surface area (TPSA) is 67.8 Å². The van der Waals surface area contributed by atoms with Gasteiger partial charge in [-0.15, -0.1) is 0 Å². The maximum Gasteiger partial charge on any atom is 0.243 e. The van der Waals surface area contributed by atoms with Crippen molar-refractivity contribution in [2.75, 3.05) is 0 Å². The summed E-state index contributed by atoms with van der Waals surface area (Å²) in [6, 6.07) is 16.2. The van der Waals surface area contributed by atoms with Crippen molar-refractivity contribution in [3.63, 3.8) is 0 Å². The molecule has 1 aliphatic heterocycles. The first-order valence-electron chi connectivity index (χ1n) is 6.92. The Bertz CT molecular complexity index is 784. The van der Waals surface area contributed by atoms with Crippen LogP contribution in [0.4, 0.5) is 0 Å². The molecule has 22 heavy (non-hydrogen) atoms. The minimum absolute atomic E-state index is 0.217. The van der Waals surface area contributed by atoms with E-state index >= 15 is 0 Å². The van der Waals surface area contributed by atoms with Gasteiger partial charge in [0.05, 0.1) is 10.6 Å². The van der Waals surface area contributed by atoms with Gasteiger partial charge in [-0.2, -0.15) is 4.72 Å². The summed E-state index contributed by atoms with van der Waals surface area (Å²) < 4.78 is 27.1. The van der Waals surface area contributed by atoms with E-state index in [2.05, 4.69) is 9.88 Å². The van der Waals surface area contributed by atoms with E-state index in [4.69, 9.17) is 4.84 Å². The number of hydrogen-bond donors (Lipinski definition) is 1. The third-order valence-electron chi connectivity index (χ3n) is 3.39. The average Bonchev–Trinajstić information content (AvgIpc) is 2.96. The minimum atomic E-state index is -3.61. The largest absolute Gasteiger partial charge is 0.375 e. The Morgan fingerprint density at radius 2 is 1.77 bits per heavy atom. The van der Waals surface area contributed by atoms with E-state index in [1.165, 1.54) is 0 Å². The van der Waals surface area contributed by atoms with E-state index in [-0.39, 0.29) is 4.90 Å². The molecule has 0 saturated heterocycles. The van der Waals surface area contributed by atoms with E-state index in [0.29, 0.717) is 6.42 Å². The summed E-state index contributed by atoms with van der Waals surface area (Å²) in [7, 11) is -3.61. The molecule has 0 amide bonds. The standard InChI is InChI=1S/C16H16N2O3S/c1-12-7-9-14(10-8-12)22(19,20)18-16-11-15(17-21-16)13-5-3-2-4-6-13/h2-10,16,18H,11H2,1H3. The summed E-state index contributed by atoms with van der Waals surface area (Å²) in [4.78, 5) is 5.42. The Morgan fingerprint density at radius 1 is 1.09 bits per heavy atom. The second kappa shape index (κ2) is 5.90. The number of nitrogens with zero attached hydrogens (tertiary/aromatic N) is 1. The van der Waals surface area contributed by atoms with Crippen molar-refractivity contribution in [3.8, 4) is 0 Å². The first kappa shape index (κ1) is 14.7. The predicted molar refractivity (Wildman–Crippen MR) is 84.0 cm³/mol. The van der Waals surface area contributed by atoms with Gasteiger partial charge in [0.15, 0.2) is 6.23 Å². The molecule has 0 aliphatic carbocycles. The Balaban J connectivity index is 1.69. The van der Waals surface area contributed by atoms with Crippen LogP contribution >= 0.6 is 0 Å². The molecule has 1 N–H and O–H groups in total. The summed E-state index contributed by atoms with van der Waals surface area (Å²) in [6.45, 7) is 1.91. The van der Waals surface area contributed by atoms with Crippen molar-refractivity contribution in [2.45, 2.75) is 24.5 Å². The zero-order valence-corrected chi connectivity index (χ0v) is 12.9. The molecule has 1 atom stereocenters. The lowest BCUT2D eigenvalue weighted by atomic mass is 10.1. The molecule has 5 nitrogen and oxygen atoms in total. The second-order valence-corrected chi connectivity index (χ2v) is 6.85. The number of rotatable bonds is 4.